The third-order valence-electron chi connectivity index (χ3n) is 5.71. The lowest BCUT2D eigenvalue weighted by Gasteiger charge is -2.38. The summed E-state index contributed by atoms with van der Waals surface area (Å²) in [6.07, 6.45) is 2.72. The molecule has 1 aromatic heterocycles. The van der Waals surface area contributed by atoms with Crippen molar-refractivity contribution in [1.82, 2.24) is 18.5 Å². The molecular weight excluding hydrogens is 410 g/mol. The highest BCUT2D eigenvalue weighted by atomic mass is 32.1. The van der Waals surface area contributed by atoms with Crippen LogP contribution in [-0.4, -0.2) is 62.6 Å². The lowest BCUT2D eigenvalue weighted by Crippen LogP contribution is -2.49. The molecule has 3 aromatic rings. The summed E-state index contributed by atoms with van der Waals surface area (Å²) >= 11 is 1.15. The molecule has 31 heavy (non-hydrogen) atoms. The number of benzene rings is 2. The van der Waals surface area contributed by atoms with Gasteiger partial charge in [0.15, 0.2) is 0 Å². The molecule has 2 heterocycles. The normalized spacial score (nSPS) is 14.8. The smallest absolute Gasteiger partial charge is 0.253 e. The van der Waals surface area contributed by atoms with Gasteiger partial charge in [-0.2, -0.15) is 8.75 Å². The summed E-state index contributed by atoms with van der Waals surface area (Å²) in [6.45, 7) is 4.74. The SMILES string of the molecule is CCCN(CC(=O)Nc1cccc2nsnc12)C1CCN(C(=O)c2ccccc2)CC1. The van der Waals surface area contributed by atoms with Crippen LogP contribution in [0.25, 0.3) is 11.0 Å². The Balaban J connectivity index is 1.35. The fourth-order valence-electron chi connectivity index (χ4n) is 4.16. The number of carbonyl (C=O) groups is 2. The maximum atomic E-state index is 12.8. The van der Waals surface area contributed by atoms with Crippen LogP contribution >= 0.6 is 11.7 Å². The Hall–Kier alpha value is -2.84. The van der Waals surface area contributed by atoms with Crippen LogP contribution in [0, 0.1) is 0 Å². The number of amides is 2. The van der Waals surface area contributed by atoms with Crippen molar-refractivity contribution in [2.45, 2.75) is 32.2 Å². The van der Waals surface area contributed by atoms with Crippen LogP contribution in [0.5, 0.6) is 0 Å². The van der Waals surface area contributed by atoms with Gasteiger partial charge in [-0.3, -0.25) is 14.5 Å². The van der Waals surface area contributed by atoms with Gasteiger partial charge >= 0.3 is 0 Å². The average molecular weight is 438 g/mol. The van der Waals surface area contributed by atoms with E-state index in [1.807, 2.05) is 53.4 Å². The van der Waals surface area contributed by atoms with E-state index in [9.17, 15) is 9.59 Å². The highest BCUT2D eigenvalue weighted by Crippen LogP contribution is 2.22. The largest absolute Gasteiger partial charge is 0.339 e. The zero-order valence-corrected chi connectivity index (χ0v) is 18.5. The molecule has 7 nitrogen and oxygen atoms in total. The molecule has 2 aromatic carbocycles. The second-order valence-electron chi connectivity index (χ2n) is 7.85. The Morgan fingerprint density at radius 1 is 1.10 bits per heavy atom. The van der Waals surface area contributed by atoms with E-state index in [0.29, 0.717) is 31.4 Å². The summed E-state index contributed by atoms with van der Waals surface area (Å²) in [5.74, 6) is 0.0422. The van der Waals surface area contributed by atoms with Crippen molar-refractivity contribution in [3.63, 3.8) is 0 Å². The third-order valence-corrected chi connectivity index (χ3v) is 6.25. The highest BCUT2D eigenvalue weighted by Gasteiger charge is 2.28. The molecule has 162 valence electrons. The van der Waals surface area contributed by atoms with Crippen LogP contribution in [-0.2, 0) is 4.79 Å². The van der Waals surface area contributed by atoms with E-state index in [1.54, 1.807) is 0 Å². The van der Waals surface area contributed by atoms with Crippen molar-refractivity contribution in [2.75, 3.05) is 31.5 Å². The maximum absolute atomic E-state index is 12.8. The molecule has 0 bridgehead atoms. The first-order valence-corrected chi connectivity index (χ1v) is 11.5. The number of piperidine rings is 1. The lowest BCUT2D eigenvalue weighted by molar-refractivity contribution is -0.118. The van der Waals surface area contributed by atoms with Gasteiger partial charge in [0.1, 0.15) is 11.0 Å². The van der Waals surface area contributed by atoms with E-state index in [4.69, 9.17) is 0 Å². The maximum Gasteiger partial charge on any atom is 0.253 e. The van der Waals surface area contributed by atoms with E-state index < -0.39 is 0 Å². The van der Waals surface area contributed by atoms with Gasteiger partial charge in [0.2, 0.25) is 5.91 Å². The first-order valence-electron chi connectivity index (χ1n) is 10.7. The van der Waals surface area contributed by atoms with Crippen molar-refractivity contribution >= 4 is 40.3 Å². The van der Waals surface area contributed by atoms with Gasteiger partial charge < -0.3 is 10.2 Å². The number of hydrogen-bond acceptors (Lipinski definition) is 6. The summed E-state index contributed by atoms with van der Waals surface area (Å²) in [5, 5.41) is 3.01. The van der Waals surface area contributed by atoms with Crippen molar-refractivity contribution in [3.05, 3.63) is 54.1 Å². The van der Waals surface area contributed by atoms with E-state index >= 15 is 0 Å². The Morgan fingerprint density at radius 3 is 2.61 bits per heavy atom. The molecule has 0 spiro atoms. The Bertz CT molecular complexity index is 1030. The molecule has 1 aliphatic heterocycles. The fourth-order valence-corrected chi connectivity index (χ4v) is 4.71. The second-order valence-corrected chi connectivity index (χ2v) is 8.37. The van der Waals surface area contributed by atoms with Gasteiger partial charge in [-0.15, -0.1) is 0 Å². The number of rotatable bonds is 7. The summed E-state index contributed by atoms with van der Waals surface area (Å²) in [7, 11) is 0. The quantitative estimate of drug-likeness (QED) is 0.610. The number of carbonyl (C=O) groups excluding carboxylic acids is 2. The number of nitrogens with zero attached hydrogens (tertiary/aromatic N) is 4. The van der Waals surface area contributed by atoms with Crippen LogP contribution in [0.3, 0.4) is 0 Å². The molecule has 1 saturated heterocycles. The van der Waals surface area contributed by atoms with Gasteiger partial charge in [-0.25, -0.2) is 0 Å². The standard InChI is InChI=1S/C23H27N5O2S/c1-2-13-28(16-21(29)24-19-9-6-10-20-22(19)26-31-25-20)18-11-14-27(15-12-18)23(30)17-7-4-3-5-8-17/h3-10,18H,2,11-16H2,1H3,(H,24,29). The Kier molecular flexibility index (Phi) is 6.89. The Labute approximate surface area is 186 Å². The van der Waals surface area contributed by atoms with E-state index in [1.165, 1.54) is 0 Å². The van der Waals surface area contributed by atoms with Crippen LogP contribution < -0.4 is 5.32 Å². The van der Waals surface area contributed by atoms with Crippen molar-refractivity contribution in [1.29, 1.82) is 0 Å². The molecule has 4 rings (SSSR count). The first-order chi connectivity index (χ1) is 15.2. The molecule has 0 unspecified atom stereocenters. The molecule has 1 aliphatic rings. The second kappa shape index (κ2) is 9.98. The van der Waals surface area contributed by atoms with Crippen LogP contribution in [0.4, 0.5) is 5.69 Å². The van der Waals surface area contributed by atoms with Crippen LogP contribution in [0.2, 0.25) is 0 Å². The molecule has 1 N–H and O–H groups in total. The predicted molar refractivity (Wildman–Crippen MR) is 123 cm³/mol. The van der Waals surface area contributed by atoms with Gasteiger partial charge in [0.25, 0.3) is 5.91 Å². The number of hydrogen-bond donors (Lipinski definition) is 1. The van der Waals surface area contributed by atoms with Crippen molar-refractivity contribution < 1.29 is 9.59 Å². The first kappa shape index (κ1) is 21.4. The minimum Gasteiger partial charge on any atom is -0.339 e. The van der Waals surface area contributed by atoms with Crippen molar-refractivity contribution in [3.8, 4) is 0 Å². The van der Waals surface area contributed by atoms with Gasteiger partial charge in [-0.05, 0) is 50.1 Å². The predicted octanol–water partition coefficient (Wildman–Crippen LogP) is 3.65. The highest BCUT2D eigenvalue weighted by molar-refractivity contribution is 7.00. The summed E-state index contributed by atoms with van der Waals surface area (Å²) in [5.41, 5.74) is 2.96. The van der Waals surface area contributed by atoms with E-state index in [0.717, 1.165) is 54.1 Å². The van der Waals surface area contributed by atoms with Gasteiger partial charge in [0.05, 0.1) is 24.0 Å². The molecule has 0 aliphatic carbocycles. The van der Waals surface area contributed by atoms with Gasteiger partial charge in [-0.1, -0.05) is 31.2 Å². The lowest BCUT2D eigenvalue weighted by atomic mass is 10.0. The molecule has 0 radical (unpaired) electrons. The molecular formula is C23H27N5O2S. The number of aromatic nitrogens is 2. The summed E-state index contributed by atoms with van der Waals surface area (Å²) < 4.78 is 8.52. The number of nitrogens with one attached hydrogen (secondary N) is 1. The molecule has 0 saturated carbocycles. The minimum absolute atomic E-state index is 0.0447. The molecule has 1 fully saturated rings. The monoisotopic (exact) mass is 437 g/mol. The zero-order chi connectivity index (χ0) is 21.6. The van der Waals surface area contributed by atoms with Crippen molar-refractivity contribution in [2.24, 2.45) is 0 Å². The topological polar surface area (TPSA) is 78.4 Å². The van der Waals surface area contributed by atoms with Crippen LogP contribution in [0.15, 0.2) is 48.5 Å². The van der Waals surface area contributed by atoms with Crippen LogP contribution in [0.1, 0.15) is 36.5 Å². The van der Waals surface area contributed by atoms with Gasteiger partial charge in [0, 0.05) is 24.7 Å². The summed E-state index contributed by atoms with van der Waals surface area (Å²) in [6, 6.07) is 15.4. The molecule has 0 atom stereocenters. The van der Waals surface area contributed by atoms with E-state index in [-0.39, 0.29) is 11.8 Å². The zero-order valence-electron chi connectivity index (χ0n) is 17.7. The molecule has 2 amide bonds. The minimum atomic E-state index is -0.0447. The third kappa shape index (κ3) is 5.08. The summed E-state index contributed by atoms with van der Waals surface area (Å²) in [4.78, 5) is 29.7. The number of fused-ring (bicyclic) bond motifs is 1. The molecule has 8 heteroatoms. The average Bonchev–Trinajstić information content (AvgIpc) is 3.29. The Morgan fingerprint density at radius 2 is 1.87 bits per heavy atom. The van der Waals surface area contributed by atoms with E-state index in [2.05, 4.69) is 25.9 Å². The number of anilines is 1. The number of likely N-dealkylation sites (tertiary alicyclic amines) is 1. The fraction of sp³-hybridized carbons (Fsp3) is 0.391.